The van der Waals surface area contributed by atoms with Crippen LogP contribution < -0.4 is 4.90 Å². The number of nitrogens with zero attached hydrogens (tertiary/aromatic N) is 4. The SMILES string of the molecule is COCC(=O)N1CCN(c2nc(-c3ccc(C)cc3)nc(C)c2C(C)C)CC1. The molecule has 0 unspecified atom stereocenters. The Morgan fingerprint density at radius 2 is 1.71 bits per heavy atom. The van der Waals surface area contributed by atoms with Crippen molar-refractivity contribution in [1.82, 2.24) is 14.9 Å². The molecule has 0 saturated carbocycles. The van der Waals surface area contributed by atoms with Crippen LogP contribution >= 0.6 is 0 Å². The van der Waals surface area contributed by atoms with E-state index in [1.165, 1.54) is 11.1 Å². The largest absolute Gasteiger partial charge is 0.375 e. The predicted molar refractivity (Wildman–Crippen MR) is 112 cm³/mol. The smallest absolute Gasteiger partial charge is 0.248 e. The number of hydrogen-bond acceptors (Lipinski definition) is 5. The zero-order valence-electron chi connectivity index (χ0n) is 17.5. The van der Waals surface area contributed by atoms with Crippen LogP contribution in [0.4, 0.5) is 5.82 Å². The lowest BCUT2D eigenvalue weighted by Gasteiger charge is -2.37. The number of methoxy groups -OCH3 is 1. The Hall–Kier alpha value is -2.47. The molecule has 6 heteroatoms. The Bertz CT molecular complexity index is 825. The highest BCUT2D eigenvalue weighted by molar-refractivity contribution is 5.77. The number of anilines is 1. The van der Waals surface area contributed by atoms with Crippen LogP contribution in [-0.2, 0) is 9.53 Å². The van der Waals surface area contributed by atoms with Gasteiger partial charge < -0.3 is 14.5 Å². The number of aryl methyl sites for hydroxylation is 2. The Morgan fingerprint density at radius 3 is 2.29 bits per heavy atom. The zero-order valence-corrected chi connectivity index (χ0v) is 17.5. The number of ether oxygens (including phenoxy) is 1. The van der Waals surface area contributed by atoms with Gasteiger partial charge in [0.05, 0.1) is 0 Å². The summed E-state index contributed by atoms with van der Waals surface area (Å²) in [5, 5.41) is 0. The molecule has 1 saturated heterocycles. The third-order valence-electron chi connectivity index (χ3n) is 5.20. The summed E-state index contributed by atoms with van der Waals surface area (Å²) in [6.45, 7) is 11.5. The first-order valence-corrected chi connectivity index (χ1v) is 9.88. The quantitative estimate of drug-likeness (QED) is 0.795. The highest BCUT2D eigenvalue weighted by atomic mass is 16.5. The summed E-state index contributed by atoms with van der Waals surface area (Å²) in [6.07, 6.45) is 0. The average molecular weight is 383 g/mol. The first kappa shape index (κ1) is 20.3. The van der Waals surface area contributed by atoms with Gasteiger partial charge in [-0.15, -0.1) is 0 Å². The average Bonchev–Trinajstić information content (AvgIpc) is 2.68. The summed E-state index contributed by atoms with van der Waals surface area (Å²) in [6, 6.07) is 8.32. The summed E-state index contributed by atoms with van der Waals surface area (Å²) in [4.78, 5) is 26.0. The third-order valence-corrected chi connectivity index (χ3v) is 5.20. The van der Waals surface area contributed by atoms with E-state index >= 15 is 0 Å². The van der Waals surface area contributed by atoms with Gasteiger partial charge in [0.2, 0.25) is 5.91 Å². The van der Waals surface area contributed by atoms with Crippen molar-refractivity contribution in [3.8, 4) is 11.4 Å². The molecule has 1 aliphatic heterocycles. The molecule has 1 fully saturated rings. The summed E-state index contributed by atoms with van der Waals surface area (Å²) >= 11 is 0. The Balaban J connectivity index is 1.91. The minimum Gasteiger partial charge on any atom is -0.375 e. The van der Waals surface area contributed by atoms with Crippen LogP contribution in [0.5, 0.6) is 0 Å². The molecule has 0 spiro atoms. The number of rotatable bonds is 5. The lowest BCUT2D eigenvalue weighted by atomic mass is 10.0. The number of carbonyl (C=O) groups is 1. The van der Waals surface area contributed by atoms with Crippen LogP contribution in [-0.4, -0.2) is 60.7 Å². The van der Waals surface area contributed by atoms with Gasteiger partial charge in [-0.2, -0.15) is 0 Å². The second-order valence-corrected chi connectivity index (χ2v) is 7.69. The second kappa shape index (κ2) is 8.69. The van der Waals surface area contributed by atoms with Crippen molar-refractivity contribution in [1.29, 1.82) is 0 Å². The van der Waals surface area contributed by atoms with Crippen LogP contribution in [0.15, 0.2) is 24.3 Å². The number of piperazine rings is 1. The molecule has 1 aromatic carbocycles. The fourth-order valence-electron chi connectivity index (χ4n) is 3.70. The van der Waals surface area contributed by atoms with Gasteiger partial charge in [-0.1, -0.05) is 43.7 Å². The standard InChI is InChI=1S/C22H30N4O2/c1-15(2)20-17(4)23-21(18-8-6-16(3)7-9-18)24-22(20)26-12-10-25(11-13-26)19(27)14-28-5/h6-9,15H,10-14H2,1-5H3. The molecule has 0 aliphatic carbocycles. The zero-order chi connectivity index (χ0) is 20.3. The van der Waals surface area contributed by atoms with E-state index in [2.05, 4.69) is 56.9 Å². The molecule has 0 atom stereocenters. The molecule has 1 aromatic heterocycles. The molecule has 150 valence electrons. The maximum Gasteiger partial charge on any atom is 0.248 e. The minimum atomic E-state index is 0.0467. The lowest BCUT2D eigenvalue weighted by molar-refractivity contribution is -0.135. The van der Waals surface area contributed by atoms with E-state index in [9.17, 15) is 4.79 Å². The number of aromatic nitrogens is 2. The highest BCUT2D eigenvalue weighted by Crippen LogP contribution is 2.31. The minimum absolute atomic E-state index is 0.0467. The lowest BCUT2D eigenvalue weighted by Crippen LogP contribution is -2.50. The number of hydrogen-bond donors (Lipinski definition) is 0. The van der Waals surface area contributed by atoms with E-state index in [1.54, 1.807) is 7.11 Å². The molecular weight excluding hydrogens is 352 g/mol. The van der Waals surface area contributed by atoms with E-state index in [0.29, 0.717) is 19.0 Å². The first-order chi connectivity index (χ1) is 13.4. The van der Waals surface area contributed by atoms with Gasteiger partial charge >= 0.3 is 0 Å². The fourth-order valence-corrected chi connectivity index (χ4v) is 3.70. The summed E-state index contributed by atoms with van der Waals surface area (Å²) in [5.74, 6) is 2.13. The van der Waals surface area contributed by atoms with Crippen molar-refractivity contribution in [3.63, 3.8) is 0 Å². The van der Waals surface area contributed by atoms with Crippen molar-refractivity contribution in [2.45, 2.75) is 33.6 Å². The van der Waals surface area contributed by atoms with Gasteiger partial charge in [0.25, 0.3) is 0 Å². The van der Waals surface area contributed by atoms with Gasteiger partial charge in [-0.25, -0.2) is 9.97 Å². The van der Waals surface area contributed by atoms with Gasteiger partial charge in [0.1, 0.15) is 12.4 Å². The van der Waals surface area contributed by atoms with Gasteiger partial charge in [-0.3, -0.25) is 4.79 Å². The molecule has 2 heterocycles. The van der Waals surface area contributed by atoms with Crippen molar-refractivity contribution in [3.05, 3.63) is 41.1 Å². The molecule has 1 amide bonds. The molecule has 3 rings (SSSR count). The molecule has 6 nitrogen and oxygen atoms in total. The Labute approximate surface area is 167 Å². The van der Waals surface area contributed by atoms with E-state index in [-0.39, 0.29) is 12.5 Å². The molecule has 0 N–H and O–H groups in total. The van der Waals surface area contributed by atoms with Crippen LogP contribution in [0.2, 0.25) is 0 Å². The van der Waals surface area contributed by atoms with Crippen LogP contribution in [0.25, 0.3) is 11.4 Å². The van der Waals surface area contributed by atoms with E-state index < -0.39 is 0 Å². The fraction of sp³-hybridized carbons (Fsp3) is 0.500. The molecule has 1 aliphatic rings. The second-order valence-electron chi connectivity index (χ2n) is 7.69. The summed E-state index contributed by atoms with van der Waals surface area (Å²) in [5.41, 5.74) is 4.46. The maximum absolute atomic E-state index is 12.1. The van der Waals surface area contributed by atoms with Crippen molar-refractivity contribution in [2.24, 2.45) is 0 Å². The number of amides is 1. The number of carbonyl (C=O) groups excluding carboxylic acids is 1. The summed E-state index contributed by atoms with van der Waals surface area (Å²) < 4.78 is 4.98. The van der Waals surface area contributed by atoms with Crippen molar-refractivity contribution < 1.29 is 9.53 Å². The highest BCUT2D eigenvalue weighted by Gasteiger charge is 2.26. The summed E-state index contributed by atoms with van der Waals surface area (Å²) in [7, 11) is 1.55. The Morgan fingerprint density at radius 1 is 1.07 bits per heavy atom. The topological polar surface area (TPSA) is 58.6 Å². The molecule has 2 aromatic rings. The number of benzene rings is 1. The van der Waals surface area contributed by atoms with Gasteiger partial charge in [-0.05, 0) is 19.8 Å². The van der Waals surface area contributed by atoms with E-state index in [4.69, 9.17) is 14.7 Å². The van der Waals surface area contributed by atoms with E-state index in [0.717, 1.165) is 36.0 Å². The van der Waals surface area contributed by atoms with Crippen LogP contribution in [0.3, 0.4) is 0 Å². The maximum atomic E-state index is 12.1. The van der Waals surface area contributed by atoms with E-state index in [1.807, 2.05) is 4.90 Å². The van der Waals surface area contributed by atoms with Gasteiger partial charge in [0.15, 0.2) is 5.82 Å². The molecule has 0 radical (unpaired) electrons. The van der Waals surface area contributed by atoms with Crippen LogP contribution in [0.1, 0.15) is 36.6 Å². The van der Waals surface area contributed by atoms with Crippen LogP contribution in [0, 0.1) is 13.8 Å². The third kappa shape index (κ3) is 4.33. The first-order valence-electron chi connectivity index (χ1n) is 9.88. The molecule has 28 heavy (non-hydrogen) atoms. The molecule has 0 bridgehead atoms. The van der Waals surface area contributed by atoms with Gasteiger partial charge in [0, 0.05) is 50.1 Å². The normalized spacial score (nSPS) is 14.6. The predicted octanol–water partition coefficient (Wildman–Crippen LogP) is 3.18. The monoisotopic (exact) mass is 382 g/mol. The molecular formula is C22H30N4O2. The van der Waals surface area contributed by atoms with Crippen molar-refractivity contribution >= 4 is 11.7 Å². The Kier molecular flexibility index (Phi) is 6.29. The van der Waals surface area contributed by atoms with Crippen molar-refractivity contribution in [2.75, 3.05) is 44.8 Å².